The van der Waals surface area contributed by atoms with Crippen molar-refractivity contribution in [3.8, 4) is 17.3 Å². The molecular weight excluding hydrogens is 457 g/mol. The smallest absolute Gasteiger partial charge is 0.408 e. The van der Waals surface area contributed by atoms with Crippen LogP contribution in [-0.2, 0) is 0 Å². The van der Waals surface area contributed by atoms with Gasteiger partial charge >= 0.3 is 6.18 Å². The molecule has 0 spiro atoms. The number of likely N-dealkylation sites (tertiary alicyclic amines) is 1. The zero-order valence-electron chi connectivity index (χ0n) is 19.8. The van der Waals surface area contributed by atoms with Crippen LogP contribution in [0.25, 0.3) is 28.1 Å². The number of likely N-dealkylation sites (N-methyl/N-ethyl adjacent to an activating group) is 1. The first-order valence-corrected chi connectivity index (χ1v) is 11.6. The fraction of sp³-hybridized carbons (Fsp3) is 0.400. The molecule has 1 fully saturated rings. The number of benzene rings is 1. The standard InChI is InChI=1S/C25H27F3N6O/c1-15(2)35-20-6-4-5-16-7-9-19(30-22(16)20)24-32-31-21-10-8-17(13-34(21)24)23(25(26,27)28)33-12-11-18(14-33)29-3/h4-10,13,15,18,23,29H,11-12,14H2,1-3H3/t18-,23+/m0/s1. The highest BCUT2D eigenvalue weighted by Gasteiger charge is 2.46. The molecule has 5 rings (SSSR count). The number of nitrogens with zero attached hydrogens (tertiary/aromatic N) is 5. The lowest BCUT2D eigenvalue weighted by molar-refractivity contribution is -0.184. The number of ether oxygens (including phenoxy) is 1. The van der Waals surface area contributed by atoms with E-state index in [0.717, 1.165) is 5.39 Å². The van der Waals surface area contributed by atoms with Crippen molar-refractivity contribution in [2.75, 3.05) is 20.1 Å². The van der Waals surface area contributed by atoms with E-state index in [1.54, 1.807) is 23.6 Å². The van der Waals surface area contributed by atoms with Crippen molar-refractivity contribution in [2.24, 2.45) is 0 Å². The molecule has 0 amide bonds. The molecule has 35 heavy (non-hydrogen) atoms. The predicted octanol–water partition coefficient (Wildman–Crippen LogP) is 4.63. The molecule has 4 heterocycles. The Balaban J connectivity index is 1.58. The summed E-state index contributed by atoms with van der Waals surface area (Å²) < 4.78 is 50.2. The Morgan fingerprint density at radius 2 is 1.91 bits per heavy atom. The van der Waals surface area contributed by atoms with Crippen LogP contribution in [0.4, 0.5) is 13.2 Å². The molecule has 184 valence electrons. The maximum atomic E-state index is 14.2. The average Bonchev–Trinajstić information content (AvgIpc) is 3.45. The second-order valence-corrected chi connectivity index (χ2v) is 9.12. The van der Waals surface area contributed by atoms with Gasteiger partial charge in [0.2, 0.25) is 0 Å². The molecule has 7 nitrogen and oxygen atoms in total. The van der Waals surface area contributed by atoms with Gasteiger partial charge in [0.25, 0.3) is 0 Å². The van der Waals surface area contributed by atoms with Gasteiger partial charge in [0.15, 0.2) is 11.5 Å². The fourth-order valence-electron chi connectivity index (χ4n) is 4.70. The van der Waals surface area contributed by atoms with Gasteiger partial charge in [0.1, 0.15) is 23.0 Å². The van der Waals surface area contributed by atoms with Crippen molar-refractivity contribution in [2.45, 2.75) is 44.6 Å². The summed E-state index contributed by atoms with van der Waals surface area (Å²) in [5.74, 6) is 1.01. The average molecular weight is 485 g/mol. The summed E-state index contributed by atoms with van der Waals surface area (Å²) >= 11 is 0. The Kier molecular flexibility index (Phi) is 6.10. The molecule has 1 N–H and O–H groups in total. The summed E-state index contributed by atoms with van der Waals surface area (Å²) in [6, 6.07) is 10.8. The number of rotatable bonds is 6. The highest BCUT2D eigenvalue weighted by molar-refractivity contribution is 5.86. The van der Waals surface area contributed by atoms with Crippen LogP contribution in [0.3, 0.4) is 0 Å². The summed E-state index contributed by atoms with van der Waals surface area (Å²) in [4.78, 5) is 6.24. The van der Waals surface area contributed by atoms with Crippen LogP contribution in [0, 0.1) is 0 Å². The summed E-state index contributed by atoms with van der Waals surface area (Å²) in [5, 5.41) is 12.4. The minimum atomic E-state index is -4.42. The molecule has 1 aliphatic heterocycles. The summed E-state index contributed by atoms with van der Waals surface area (Å²) in [6.07, 6.45) is -2.30. The third-order valence-corrected chi connectivity index (χ3v) is 6.32. The van der Waals surface area contributed by atoms with Crippen LogP contribution >= 0.6 is 0 Å². The molecule has 0 unspecified atom stereocenters. The van der Waals surface area contributed by atoms with Gasteiger partial charge in [-0.1, -0.05) is 24.3 Å². The lowest BCUT2D eigenvalue weighted by Crippen LogP contribution is -2.39. The third kappa shape index (κ3) is 4.55. The predicted molar refractivity (Wildman–Crippen MR) is 127 cm³/mol. The number of nitrogens with one attached hydrogen (secondary N) is 1. The van der Waals surface area contributed by atoms with Gasteiger partial charge < -0.3 is 10.1 Å². The van der Waals surface area contributed by atoms with Crippen molar-refractivity contribution >= 4 is 16.6 Å². The van der Waals surface area contributed by atoms with E-state index in [-0.39, 0.29) is 17.7 Å². The quantitative estimate of drug-likeness (QED) is 0.431. The summed E-state index contributed by atoms with van der Waals surface area (Å²) in [7, 11) is 1.78. The lowest BCUT2D eigenvalue weighted by Gasteiger charge is -2.30. The van der Waals surface area contributed by atoms with E-state index in [1.165, 1.54) is 17.2 Å². The first-order valence-electron chi connectivity index (χ1n) is 11.6. The van der Waals surface area contributed by atoms with Crippen molar-refractivity contribution < 1.29 is 17.9 Å². The second-order valence-electron chi connectivity index (χ2n) is 9.12. The monoisotopic (exact) mass is 484 g/mol. The Morgan fingerprint density at radius 1 is 1.09 bits per heavy atom. The van der Waals surface area contributed by atoms with E-state index < -0.39 is 12.2 Å². The molecule has 10 heteroatoms. The first kappa shape index (κ1) is 23.5. The minimum absolute atomic E-state index is 0.0325. The molecule has 2 atom stereocenters. The van der Waals surface area contributed by atoms with Crippen LogP contribution in [-0.4, -0.2) is 62.9 Å². The van der Waals surface area contributed by atoms with Crippen LogP contribution in [0.15, 0.2) is 48.7 Å². The molecule has 4 aromatic rings. The van der Waals surface area contributed by atoms with E-state index in [4.69, 9.17) is 9.72 Å². The lowest BCUT2D eigenvalue weighted by atomic mass is 10.1. The molecule has 1 aliphatic rings. The summed E-state index contributed by atoms with van der Waals surface area (Å²) in [6.45, 7) is 4.57. The van der Waals surface area contributed by atoms with Gasteiger partial charge in [-0.05, 0) is 51.1 Å². The minimum Gasteiger partial charge on any atom is -0.489 e. The van der Waals surface area contributed by atoms with Gasteiger partial charge in [0.05, 0.1) is 6.10 Å². The van der Waals surface area contributed by atoms with E-state index in [9.17, 15) is 13.2 Å². The number of pyridine rings is 2. The van der Waals surface area contributed by atoms with E-state index >= 15 is 0 Å². The zero-order chi connectivity index (χ0) is 24.7. The topological polar surface area (TPSA) is 67.6 Å². The first-order chi connectivity index (χ1) is 16.7. The number of hydrogen-bond donors (Lipinski definition) is 1. The number of halogens is 3. The van der Waals surface area contributed by atoms with Crippen molar-refractivity contribution in [1.82, 2.24) is 29.8 Å². The fourth-order valence-corrected chi connectivity index (χ4v) is 4.70. The molecule has 1 aromatic carbocycles. The SMILES string of the molecule is CN[C@H]1CCN([C@H](c2ccc3nnc(-c4ccc5cccc(OC(C)C)c5n4)n3c2)C(F)(F)F)C1. The van der Waals surface area contributed by atoms with Crippen LogP contribution in [0.1, 0.15) is 31.9 Å². The van der Waals surface area contributed by atoms with E-state index in [0.29, 0.717) is 47.9 Å². The van der Waals surface area contributed by atoms with Gasteiger partial charge in [-0.2, -0.15) is 13.2 Å². The number of alkyl halides is 3. The maximum Gasteiger partial charge on any atom is 0.408 e. The van der Waals surface area contributed by atoms with Gasteiger partial charge in [-0.15, -0.1) is 10.2 Å². The maximum absolute atomic E-state index is 14.2. The largest absolute Gasteiger partial charge is 0.489 e. The normalized spacial score (nSPS) is 18.1. The second kappa shape index (κ2) is 9.09. The molecule has 0 saturated carbocycles. The van der Waals surface area contributed by atoms with Crippen LogP contribution < -0.4 is 10.1 Å². The molecule has 0 bridgehead atoms. The van der Waals surface area contributed by atoms with Crippen molar-refractivity contribution in [1.29, 1.82) is 0 Å². The number of para-hydroxylation sites is 1. The Hall–Kier alpha value is -3.24. The van der Waals surface area contributed by atoms with Gasteiger partial charge in [-0.25, -0.2) is 4.98 Å². The van der Waals surface area contributed by atoms with E-state index in [2.05, 4.69) is 15.5 Å². The highest BCUT2D eigenvalue weighted by atomic mass is 19.4. The highest BCUT2D eigenvalue weighted by Crippen LogP contribution is 2.39. The van der Waals surface area contributed by atoms with Crippen LogP contribution in [0.2, 0.25) is 0 Å². The van der Waals surface area contributed by atoms with E-state index in [1.807, 2.05) is 38.1 Å². The molecule has 3 aromatic heterocycles. The molecule has 0 aliphatic carbocycles. The number of fused-ring (bicyclic) bond motifs is 2. The van der Waals surface area contributed by atoms with Gasteiger partial charge in [-0.3, -0.25) is 9.30 Å². The van der Waals surface area contributed by atoms with Crippen molar-refractivity contribution in [3.05, 3.63) is 54.2 Å². The number of aromatic nitrogens is 4. The van der Waals surface area contributed by atoms with Crippen LogP contribution in [0.5, 0.6) is 5.75 Å². The number of hydrogen-bond acceptors (Lipinski definition) is 6. The Morgan fingerprint density at radius 3 is 2.63 bits per heavy atom. The molecule has 0 radical (unpaired) electrons. The Bertz CT molecular complexity index is 1350. The Labute approximate surface area is 200 Å². The third-order valence-electron chi connectivity index (χ3n) is 6.32. The molecular formula is C25H27F3N6O. The molecule has 1 saturated heterocycles. The zero-order valence-corrected chi connectivity index (χ0v) is 19.8. The summed E-state index contributed by atoms with van der Waals surface area (Å²) in [5.41, 5.74) is 1.76. The van der Waals surface area contributed by atoms with Crippen molar-refractivity contribution in [3.63, 3.8) is 0 Å². The van der Waals surface area contributed by atoms with Gasteiger partial charge in [0, 0.05) is 30.7 Å².